The Hall–Kier alpha value is -3.61. The lowest BCUT2D eigenvalue weighted by molar-refractivity contribution is -0.123. The van der Waals surface area contributed by atoms with E-state index in [2.05, 4.69) is 16.2 Å². The van der Waals surface area contributed by atoms with Crippen molar-refractivity contribution >= 4 is 28.7 Å². The van der Waals surface area contributed by atoms with Crippen LogP contribution in [-0.2, 0) is 9.59 Å². The van der Waals surface area contributed by atoms with Crippen LogP contribution in [0.5, 0.6) is 0 Å². The predicted octanol–water partition coefficient (Wildman–Crippen LogP) is 2.77. The maximum atomic E-state index is 12.4. The molecule has 2 aromatic carbocycles. The molecule has 1 atom stereocenters. The van der Waals surface area contributed by atoms with Crippen LogP contribution in [0.1, 0.15) is 41.1 Å². The molecule has 3 rings (SSSR count). The molecule has 7 nitrogen and oxygen atoms in total. The minimum atomic E-state index is -0.544. The van der Waals surface area contributed by atoms with Crippen LogP contribution in [-0.4, -0.2) is 17.7 Å². The van der Waals surface area contributed by atoms with Crippen LogP contribution < -0.4 is 16.2 Å². The van der Waals surface area contributed by atoms with Gasteiger partial charge in [0.05, 0.1) is 12.5 Å². The van der Waals surface area contributed by atoms with Gasteiger partial charge in [-0.15, -0.1) is 0 Å². The number of hydrazine groups is 1. The first kappa shape index (κ1) is 19.2. The van der Waals surface area contributed by atoms with Gasteiger partial charge in [-0.05, 0) is 18.6 Å². The Morgan fingerprint density at radius 3 is 2.32 bits per heavy atom. The molecule has 0 bridgehead atoms. The van der Waals surface area contributed by atoms with Crippen molar-refractivity contribution in [2.45, 2.75) is 26.3 Å². The third kappa shape index (κ3) is 4.37. The smallest absolute Gasteiger partial charge is 0.305 e. The zero-order valence-corrected chi connectivity index (χ0v) is 15.6. The van der Waals surface area contributed by atoms with E-state index in [4.69, 9.17) is 4.42 Å². The minimum absolute atomic E-state index is 0.0248. The lowest BCUT2D eigenvalue weighted by atomic mass is 10.0. The fourth-order valence-corrected chi connectivity index (χ4v) is 2.99. The molecule has 3 aromatic rings. The Morgan fingerprint density at radius 1 is 0.964 bits per heavy atom. The molecule has 1 aromatic heterocycles. The average molecular weight is 379 g/mol. The second kappa shape index (κ2) is 8.39. The zero-order chi connectivity index (χ0) is 20.1. The Kier molecular flexibility index (Phi) is 5.74. The number of aryl methyl sites for hydroxylation is 1. The van der Waals surface area contributed by atoms with Gasteiger partial charge in [-0.3, -0.25) is 25.2 Å². The second-order valence-corrected chi connectivity index (χ2v) is 6.42. The number of fused-ring (bicyclic) bond motifs is 1. The SMILES string of the molecule is CC(=O)N[C@H](CC(=O)NNC(=O)c1oc2ccccc2c1C)c1ccccc1. The van der Waals surface area contributed by atoms with E-state index in [1.807, 2.05) is 48.5 Å². The summed E-state index contributed by atoms with van der Waals surface area (Å²) in [6.07, 6.45) is -0.0248. The molecule has 0 aliphatic carbocycles. The highest BCUT2D eigenvalue weighted by molar-refractivity contribution is 5.99. The first-order valence-corrected chi connectivity index (χ1v) is 8.85. The number of benzene rings is 2. The summed E-state index contributed by atoms with van der Waals surface area (Å²) in [5, 5.41) is 3.58. The van der Waals surface area contributed by atoms with Gasteiger partial charge in [0.1, 0.15) is 5.58 Å². The number of carbonyl (C=O) groups excluding carboxylic acids is 3. The van der Waals surface area contributed by atoms with Crippen LogP contribution in [0.25, 0.3) is 11.0 Å². The van der Waals surface area contributed by atoms with E-state index in [9.17, 15) is 14.4 Å². The molecule has 0 saturated heterocycles. The first-order chi connectivity index (χ1) is 13.5. The molecular formula is C21H21N3O4. The quantitative estimate of drug-likeness (QED) is 0.594. The summed E-state index contributed by atoms with van der Waals surface area (Å²) in [5.74, 6) is -1.09. The maximum absolute atomic E-state index is 12.4. The fraction of sp³-hybridized carbons (Fsp3) is 0.190. The van der Waals surface area contributed by atoms with Gasteiger partial charge >= 0.3 is 5.91 Å². The molecule has 3 N–H and O–H groups in total. The molecule has 0 spiro atoms. The molecular weight excluding hydrogens is 358 g/mol. The fourth-order valence-electron chi connectivity index (χ4n) is 2.99. The van der Waals surface area contributed by atoms with Gasteiger partial charge in [0.25, 0.3) is 0 Å². The maximum Gasteiger partial charge on any atom is 0.305 e. The van der Waals surface area contributed by atoms with Crippen LogP contribution >= 0.6 is 0 Å². The molecule has 7 heteroatoms. The number of carbonyl (C=O) groups is 3. The van der Waals surface area contributed by atoms with Gasteiger partial charge in [-0.2, -0.15) is 0 Å². The van der Waals surface area contributed by atoms with Crippen molar-refractivity contribution in [2.24, 2.45) is 0 Å². The van der Waals surface area contributed by atoms with E-state index < -0.39 is 17.9 Å². The molecule has 0 radical (unpaired) electrons. The number of hydrogen-bond donors (Lipinski definition) is 3. The van der Waals surface area contributed by atoms with Gasteiger partial charge in [-0.1, -0.05) is 48.5 Å². The second-order valence-electron chi connectivity index (χ2n) is 6.42. The van der Waals surface area contributed by atoms with Crippen molar-refractivity contribution in [3.05, 3.63) is 71.5 Å². The summed E-state index contributed by atoms with van der Waals surface area (Å²) < 4.78 is 5.58. The first-order valence-electron chi connectivity index (χ1n) is 8.85. The van der Waals surface area contributed by atoms with Gasteiger partial charge in [0.15, 0.2) is 5.76 Å². The van der Waals surface area contributed by atoms with Crippen LogP contribution in [0.2, 0.25) is 0 Å². The van der Waals surface area contributed by atoms with Crippen molar-refractivity contribution in [2.75, 3.05) is 0 Å². The Bertz CT molecular complexity index is 1010. The molecule has 28 heavy (non-hydrogen) atoms. The molecule has 0 unspecified atom stereocenters. The largest absolute Gasteiger partial charge is 0.451 e. The average Bonchev–Trinajstić information content (AvgIpc) is 3.03. The lowest BCUT2D eigenvalue weighted by Crippen LogP contribution is -2.43. The summed E-state index contributed by atoms with van der Waals surface area (Å²) >= 11 is 0. The van der Waals surface area contributed by atoms with Crippen molar-refractivity contribution in [1.29, 1.82) is 0 Å². The number of hydrogen-bond acceptors (Lipinski definition) is 4. The highest BCUT2D eigenvalue weighted by Gasteiger charge is 2.20. The Morgan fingerprint density at radius 2 is 1.64 bits per heavy atom. The van der Waals surface area contributed by atoms with E-state index >= 15 is 0 Å². The van der Waals surface area contributed by atoms with Gasteiger partial charge in [-0.25, -0.2) is 0 Å². The summed E-state index contributed by atoms with van der Waals surface area (Å²) in [5.41, 5.74) is 6.84. The van der Waals surface area contributed by atoms with E-state index in [1.54, 1.807) is 13.0 Å². The number of nitrogens with one attached hydrogen (secondary N) is 3. The standard InChI is InChI=1S/C21H21N3O4/c1-13-16-10-6-7-11-18(16)28-20(13)21(27)24-23-19(26)12-17(22-14(2)25)15-8-4-3-5-9-15/h3-11,17H,12H2,1-2H3,(H,22,25)(H,23,26)(H,24,27)/t17-/m1/s1. The van der Waals surface area contributed by atoms with Gasteiger partial charge in [0.2, 0.25) is 11.8 Å². The molecule has 3 amide bonds. The Balaban J connectivity index is 1.64. The van der Waals surface area contributed by atoms with Crippen LogP contribution in [0.4, 0.5) is 0 Å². The molecule has 0 aliphatic heterocycles. The van der Waals surface area contributed by atoms with E-state index in [-0.39, 0.29) is 18.1 Å². The number of rotatable bonds is 5. The van der Waals surface area contributed by atoms with Crippen molar-refractivity contribution in [3.63, 3.8) is 0 Å². The predicted molar refractivity (Wildman–Crippen MR) is 104 cm³/mol. The summed E-state index contributed by atoms with van der Waals surface area (Å²) in [7, 11) is 0. The molecule has 0 saturated carbocycles. The topological polar surface area (TPSA) is 100 Å². The summed E-state index contributed by atoms with van der Waals surface area (Å²) in [6.45, 7) is 3.17. The van der Waals surface area contributed by atoms with Crippen LogP contribution in [0.15, 0.2) is 59.0 Å². The summed E-state index contributed by atoms with van der Waals surface area (Å²) in [6, 6.07) is 16.0. The van der Waals surface area contributed by atoms with Crippen molar-refractivity contribution < 1.29 is 18.8 Å². The molecule has 0 aliphatic rings. The zero-order valence-electron chi connectivity index (χ0n) is 15.6. The van der Waals surface area contributed by atoms with Crippen molar-refractivity contribution in [3.8, 4) is 0 Å². The third-order valence-corrected chi connectivity index (χ3v) is 4.33. The normalized spacial score (nSPS) is 11.6. The van der Waals surface area contributed by atoms with Gasteiger partial charge < -0.3 is 9.73 Å². The minimum Gasteiger partial charge on any atom is -0.451 e. The Labute approximate surface area is 162 Å². The van der Waals surface area contributed by atoms with Crippen LogP contribution in [0, 0.1) is 6.92 Å². The highest BCUT2D eigenvalue weighted by Crippen LogP contribution is 2.24. The highest BCUT2D eigenvalue weighted by atomic mass is 16.3. The van der Waals surface area contributed by atoms with E-state index in [0.29, 0.717) is 11.1 Å². The van der Waals surface area contributed by atoms with E-state index in [0.717, 1.165) is 10.9 Å². The molecule has 0 fully saturated rings. The molecule has 1 heterocycles. The lowest BCUT2D eigenvalue weighted by Gasteiger charge is -2.18. The summed E-state index contributed by atoms with van der Waals surface area (Å²) in [4.78, 5) is 36.1. The number of amides is 3. The number of para-hydroxylation sites is 1. The van der Waals surface area contributed by atoms with Crippen LogP contribution in [0.3, 0.4) is 0 Å². The van der Waals surface area contributed by atoms with E-state index in [1.165, 1.54) is 6.92 Å². The third-order valence-electron chi connectivity index (χ3n) is 4.33. The number of furan rings is 1. The monoisotopic (exact) mass is 379 g/mol. The molecule has 144 valence electrons. The van der Waals surface area contributed by atoms with Crippen molar-refractivity contribution in [1.82, 2.24) is 16.2 Å². The van der Waals surface area contributed by atoms with Gasteiger partial charge in [0, 0.05) is 17.9 Å².